The molecule has 28 heavy (non-hydrogen) atoms. The van der Waals surface area contributed by atoms with Crippen molar-refractivity contribution in [2.45, 2.75) is 6.54 Å². The second-order valence-corrected chi connectivity index (χ2v) is 7.60. The third-order valence-corrected chi connectivity index (χ3v) is 5.61. The van der Waals surface area contributed by atoms with Gasteiger partial charge >= 0.3 is 0 Å². The molecule has 2 heterocycles. The first-order valence-corrected chi connectivity index (χ1v) is 9.95. The molecule has 1 N–H and O–H groups in total. The van der Waals surface area contributed by atoms with Gasteiger partial charge in [0.05, 0.1) is 16.4 Å². The monoisotopic (exact) mass is 382 g/mol. The summed E-state index contributed by atoms with van der Waals surface area (Å²) >= 11 is 1.60. The summed E-state index contributed by atoms with van der Waals surface area (Å²) in [6, 6.07) is 27.0. The van der Waals surface area contributed by atoms with Gasteiger partial charge in [0.15, 0.2) is 0 Å². The van der Waals surface area contributed by atoms with Crippen LogP contribution in [0.2, 0.25) is 0 Å². The van der Waals surface area contributed by atoms with E-state index >= 15 is 0 Å². The van der Waals surface area contributed by atoms with Gasteiger partial charge in [-0.15, -0.1) is 0 Å². The molecular formula is C23H18N4S. The lowest BCUT2D eigenvalue weighted by Gasteiger charge is -2.05. The number of rotatable bonds is 5. The van der Waals surface area contributed by atoms with Crippen LogP contribution in [0.1, 0.15) is 11.1 Å². The van der Waals surface area contributed by atoms with E-state index in [0.717, 1.165) is 27.5 Å². The minimum Gasteiger partial charge on any atom is -0.342 e. The van der Waals surface area contributed by atoms with E-state index in [2.05, 4.69) is 80.9 Å². The molecule has 0 atom stereocenters. The van der Waals surface area contributed by atoms with E-state index in [0.29, 0.717) is 0 Å². The molecule has 5 heteroatoms. The van der Waals surface area contributed by atoms with Crippen molar-refractivity contribution in [3.05, 3.63) is 96.2 Å². The zero-order valence-electron chi connectivity index (χ0n) is 15.1. The van der Waals surface area contributed by atoms with Gasteiger partial charge in [-0.25, -0.2) is 4.98 Å². The van der Waals surface area contributed by atoms with Gasteiger partial charge in [0, 0.05) is 29.2 Å². The predicted molar refractivity (Wildman–Crippen MR) is 118 cm³/mol. The molecule has 0 radical (unpaired) electrons. The summed E-state index contributed by atoms with van der Waals surface area (Å²) in [5, 5.41) is 6.42. The average Bonchev–Trinajstić information content (AvgIpc) is 3.30. The van der Waals surface area contributed by atoms with Crippen molar-refractivity contribution < 1.29 is 0 Å². The molecule has 136 valence electrons. The van der Waals surface area contributed by atoms with Gasteiger partial charge in [-0.3, -0.25) is 5.43 Å². The summed E-state index contributed by atoms with van der Waals surface area (Å²) in [6.45, 7) is 0.834. The predicted octanol–water partition coefficient (Wildman–Crippen LogP) is 5.75. The van der Waals surface area contributed by atoms with E-state index in [1.165, 1.54) is 16.5 Å². The van der Waals surface area contributed by atoms with Crippen molar-refractivity contribution >= 4 is 43.8 Å². The maximum atomic E-state index is 4.56. The average molecular weight is 382 g/mol. The van der Waals surface area contributed by atoms with Crippen LogP contribution in [-0.2, 0) is 6.54 Å². The van der Waals surface area contributed by atoms with E-state index in [1.807, 2.05) is 30.5 Å². The summed E-state index contributed by atoms with van der Waals surface area (Å²) in [6.07, 6.45) is 4.02. The van der Waals surface area contributed by atoms with Crippen molar-refractivity contribution in [2.75, 3.05) is 5.43 Å². The number of hydrogen-bond donors (Lipinski definition) is 1. The Labute approximate surface area is 166 Å². The third-order valence-electron chi connectivity index (χ3n) is 4.67. The fourth-order valence-corrected chi connectivity index (χ4v) is 4.18. The topological polar surface area (TPSA) is 42.2 Å². The third kappa shape index (κ3) is 3.28. The summed E-state index contributed by atoms with van der Waals surface area (Å²) < 4.78 is 3.42. The van der Waals surface area contributed by atoms with Gasteiger partial charge in [-0.1, -0.05) is 72.0 Å². The van der Waals surface area contributed by atoms with Crippen LogP contribution in [0.4, 0.5) is 5.13 Å². The van der Waals surface area contributed by atoms with Gasteiger partial charge in [0.2, 0.25) is 5.13 Å². The van der Waals surface area contributed by atoms with Crippen LogP contribution in [0.3, 0.4) is 0 Å². The Balaban J connectivity index is 1.42. The van der Waals surface area contributed by atoms with Crippen molar-refractivity contribution in [1.29, 1.82) is 0 Å². The lowest BCUT2D eigenvalue weighted by Crippen LogP contribution is -1.97. The molecular weight excluding hydrogens is 364 g/mol. The SMILES string of the molecule is C(=N/Nc1nc2ccccc2s1)/c1cn(Cc2ccccc2)c2ccccc12. The number of thiazole rings is 1. The second-order valence-electron chi connectivity index (χ2n) is 6.57. The Morgan fingerprint density at radius 3 is 2.61 bits per heavy atom. The summed E-state index contributed by atoms with van der Waals surface area (Å²) in [5.41, 5.74) is 7.63. The van der Waals surface area contributed by atoms with Gasteiger partial charge in [0.25, 0.3) is 0 Å². The molecule has 4 nitrogen and oxygen atoms in total. The van der Waals surface area contributed by atoms with Crippen molar-refractivity contribution in [2.24, 2.45) is 5.10 Å². The Bertz CT molecular complexity index is 1230. The van der Waals surface area contributed by atoms with E-state index in [1.54, 1.807) is 11.3 Å². The maximum absolute atomic E-state index is 4.56. The lowest BCUT2D eigenvalue weighted by molar-refractivity contribution is 0.836. The minimum absolute atomic E-state index is 0.797. The molecule has 3 aromatic carbocycles. The van der Waals surface area contributed by atoms with E-state index in [-0.39, 0.29) is 0 Å². The highest BCUT2D eigenvalue weighted by atomic mass is 32.1. The smallest absolute Gasteiger partial charge is 0.204 e. The molecule has 0 bridgehead atoms. The molecule has 2 aromatic heterocycles. The molecule has 5 rings (SSSR count). The quantitative estimate of drug-likeness (QED) is 0.311. The molecule has 5 aromatic rings. The number of aromatic nitrogens is 2. The van der Waals surface area contributed by atoms with Gasteiger partial charge in [-0.05, 0) is 23.8 Å². The molecule has 0 amide bonds. The van der Waals surface area contributed by atoms with Gasteiger partial charge in [0.1, 0.15) is 0 Å². The second kappa shape index (κ2) is 7.29. The number of fused-ring (bicyclic) bond motifs is 2. The normalized spacial score (nSPS) is 11.6. The minimum atomic E-state index is 0.797. The Morgan fingerprint density at radius 2 is 1.71 bits per heavy atom. The highest BCUT2D eigenvalue weighted by Gasteiger charge is 2.07. The first-order chi connectivity index (χ1) is 13.9. The Kier molecular flexibility index (Phi) is 4.35. The molecule has 0 aliphatic heterocycles. The van der Waals surface area contributed by atoms with Crippen molar-refractivity contribution in [1.82, 2.24) is 9.55 Å². The summed E-state index contributed by atoms with van der Waals surface area (Å²) in [4.78, 5) is 4.56. The zero-order chi connectivity index (χ0) is 18.8. The van der Waals surface area contributed by atoms with Crippen LogP contribution in [0.25, 0.3) is 21.1 Å². The van der Waals surface area contributed by atoms with Crippen molar-refractivity contribution in [3.8, 4) is 0 Å². The zero-order valence-corrected chi connectivity index (χ0v) is 15.9. The van der Waals surface area contributed by atoms with E-state index < -0.39 is 0 Å². The van der Waals surface area contributed by atoms with Crippen LogP contribution in [-0.4, -0.2) is 15.8 Å². The van der Waals surface area contributed by atoms with Gasteiger partial charge < -0.3 is 4.57 Å². The first-order valence-electron chi connectivity index (χ1n) is 9.13. The standard InChI is InChI=1S/C23H18N4S/c1-2-8-17(9-3-1)15-27-16-18(19-10-4-6-12-21(19)27)14-24-26-23-25-20-11-5-7-13-22(20)28-23/h1-14,16H,15H2,(H,25,26)/b24-14-. The lowest BCUT2D eigenvalue weighted by atomic mass is 10.2. The molecule has 0 aliphatic carbocycles. The summed E-state index contributed by atoms with van der Waals surface area (Å²) in [7, 11) is 0. The highest BCUT2D eigenvalue weighted by molar-refractivity contribution is 7.22. The van der Waals surface area contributed by atoms with E-state index in [9.17, 15) is 0 Å². The van der Waals surface area contributed by atoms with E-state index in [4.69, 9.17) is 0 Å². The van der Waals surface area contributed by atoms with Crippen LogP contribution >= 0.6 is 11.3 Å². The fraction of sp³-hybridized carbons (Fsp3) is 0.0435. The molecule has 0 spiro atoms. The molecule has 0 saturated heterocycles. The van der Waals surface area contributed by atoms with Crippen molar-refractivity contribution in [3.63, 3.8) is 0 Å². The highest BCUT2D eigenvalue weighted by Crippen LogP contribution is 2.25. The molecule has 0 saturated carbocycles. The summed E-state index contributed by atoms with van der Waals surface area (Å²) in [5.74, 6) is 0. The molecule has 0 fully saturated rings. The Hall–Kier alpha value is -3.44. The number of hydrogen-bond acceptors (Lipinski definition) is 4. The van der Waals surface area contributed by atoms with Gasteiger partial charge in [-0.2, -0.15) is 5.10 Å². The van der Waals surface area contributed by atoms with Crippen LogP contribution in [0.5, 0.6) is 0 Å². The largest absolute Gasteiger partial charge is 0.342 e. The van der Waals surface area contributed by atoms with Crippen LogP contribution in [0.15, 0.2) is 90.2 Å². The molecule has 0 unspecified atom stereocenters. The van der Waals surface area contributed by atoms with Crippen LogP contribution < -0.4 is 5.43 Å². The first kappa shape index (κ1) is 16.7. The van der Waals surface area contributed by atoms with Crippen LogP contribution in [0, 0.1) is 0 Å². The maximum Gasteiger partial charge on any atom is 0.204 e. The number of nitrogens with zero attached hydrogens (tertiary/aromatic N) is 3. The fourth-order valence-electron chi connectivity index (χ4n) is 3.37. The Morgan fingerprint density at radius 1 is 0.929 bits per heavy atom. The number of hydrazone groups is 1. The number of para-hydroxylation sites is 2. The number of nitrogens with one attached hydrogen (secondary N) is 1. The number of anilines is 1. The number of benzene rings is 3. The molecule has 0 aliphatic rings.